The van der Waals surface area contributed by atoms with Gasteiger partial charge in [-0.15, -0.1) is 11.8 Å². The molecule has 17 heavy (non-hydrogen) atoms. The van der Waals surface area contributed by atoms with E-state index in [0.29, 0.717) is 0 Å². The lowest BCUT2D eigenvalue weighted by Crippen LogP contribution is -2.15. The van der Waals surface area contributed by atoms with Crippen LogP contribution >= 0.6 is 23.5 Å². The molecule has 0 saturated heterocycles. The molecule has 1 aliphatic carbocycles. The lowest BCUT2D eigenvalue weighted by atomic mass is 9.91. The molecule has 1 aromatic rings. The number of rotatable bonds is 5. The molecule has 0 aromatic heterocycles. The largest absolute Gasteiger partial charge is 0.158 e. The van der Waals surface area contributed by atoms with E-state index in [1.165, 1.54) is 42.1 Å². The standard InChI is InChI=1S/C15H22S2/c1-13-6-5-9-15(12-13)17-11-10-16-14-7-3-2-4-8-14/h2-4,7-8,13,15H,5-6,9-12H2,1H3. The lowest BCUT2D eigenvalue weighted by Gasteiger charge is -2.26. The third-order valence-electron chi connectivity index (χ3n) is 3.34. The predicted molar refractivity (Wildman–Crippen MR) is 81.0 cm³/mol. The summed E-state index contributed by atoms with van der Waals surface area (Å²) in [5, 5.41) is 0.940. The Bertz CT molecular complexity index is 310. The highest BCUT2D eigenvalue weighted by atomic mass is 32.2. The van der Waals surface area contributed by atoms with Gasteiger partial charge in [-0.25, -0.2) is 0 Å². The van der Waals surface area contributed by atoms with Gasteiger partial charge in [-0.3, -0.25) is 0 Å². The Morgan fingerprint density at radius 3 is 2.71 bits per heavy atom. The van der Waals surface area contributed by atoms with E-state index in [4.69, 9.17) is 0 Å². The monoisotopic (exact) mass is 266 g/mol. The summed E-state index contributed by atoms with van der Waals surface area (Å²) in [7, 11) is 0. The van der Waals surface area contributed by atoms with Crippen LogP contribution < -0.4 is 0 Å². The number of benzene rings is 1. The van der Waals surface area contributed by atoms with Crippen molar-refractivity contribution in [2.75, 3.05) is 11.5 Å². The van der Waals surface area contributed by atoms with Gasteiger partial charge >= 0.3 is 0 Å². The summed E-state index contributed by atoms with van der Waals surface area (Å²) in [6, 6.07) is 10.7. The van der Waals surface area contributed by atoms with Crippen molar-refractivity contribution >= 4 is 23.5 Å². The molecule has 2 unspecified atom stereocenters. The van der Waals surface area contributed by atoms with Crippen LogP contribution in [0.2, 0.25) is 0 Å². The Morgan fingerprint density at radius 1 is 1.12 bits per heavy atom. The quantitative estimate of drug-likeness (QED) is 0.538. The van der Waals surface area contributed by atoms with Crippen LogP contribution in [-0.2, 0) is 0 Å². The fourth-order valence-electron chi connectivity index (χ4n) is 2.42. The Labute approximate surface area is 114 Å². The van der Waals surface area contributed by atoms with Gasteiger partial charge in [0.25, 0.3) is 0 Å². The maximum atomic E-state index is 2.41. The maximum absolute atomic E-state index is 2.41. The number of hydrogen-bond acceptors (Lipinski definition) is 2. The average molecular weight is 266 g/mol. The van der Waals surface area contributed by atoms with E-state index in [0.717, 1.165) is 11.2 Å². The summed E-state index contributed by atoms with van der Waals surface area (Å²) in [5.74, 6) is 3.51. The smallest absolute Gasteiger partial charge is 0.00722 e. The maximum Gasteiger partial charge on any atom is 0.00722 e. The van der Waals surface area contributed by atoms with E-state index in [1.807, 2.05) is 11.8 Å². The van der Waals surface area contributed by atoms with E-state index in [1.54, 1.807) is 0 Å². The Hall–Kier alpha value is -0.0800. The Kier molecular flexibility index (Phi) is 5.79. The first-order valence-electron chi connectivity index (χ1n) is 6.64. The van der Waals surface area contributed by atoms with E-state index in [-0.39, 0.29) is 0 Å². The van der Waals surface area contributed by atoms with Gasteiger partial charge in [-0.2, -0.15) is 11.8 Å². The number of thioether (sulfide) groups is 2. The minimum atomic E-state index is 0.940. The van der Waals surface area contributed by atoms with Crippen LogP contribution in [-0.4, -0.2) is 16.8 Å². The Morgan fingerprint density at radius 2 is 1.94 bits per heavy atom. The molecule has 0 spiro atoms. The van der Waals surface area contributed by atoms with Crippen LogP contribution in [0.5, 0.6) is 0 Å². The molecule has 0 amide bonds. The normalized spacial score (nSPS) is 24.8. The fraction of sp³-hybridized carbons (Fsp3) is 0.600. The minimum Gasteiger partial charge on any atom is -0.158 e. The molecule has 0 nitrogen and oxygen atoms in total. The average Bonchev–Trinajstić information content (AvgIpc) is 2.36. The van der Waals surface area contributed by atoms with E-state index < -0.39 is 0 Å². The zero-order valence-corrected chi connectivity index (χ0v) is 12.2. The summed E-state index contributed by atoms with van der Waals surface area (Å²) in [6.45, 7) is 2.41. The highest BCUT2D eigenvalue weighted by Gasteiger charge is 2.18. The molecule has 0 N–H and O–H groups in total. The second-order valence-electron chi connectivity index (χ2n) is 4.93. The van der Waals surface area contributed by atoms with E-state index >= 15 is 0 Å². The summed E-state index contributed by atoms with van der Waals surface area (Å²) in [6.07, 6.45) is 5.80. The molecule has 2 rings (SSSR count). The molecule has 0 bridgehead atoms. The van der Waals surface area contributed by atoms with Crippen molar-refractivity contribution in [2.24, 2.45) is 5.92 Å². The molecule has 1 aromatic carbocycles. The lowest BCUT2D eigenvalue weighted by molar-refractivity contribution is 0.394. The van der Waals surface area contributed by atoms with Gasteiger partial charge in [0.1, 0.15) is 0 Å². The van der Waals surface area contributed by atoms with Crippen LogP contribution in [0, 0.1) is 5.92 Å². The molecule has 0 heterocycles. The SMILES string of the molecule is CC1CCCC(SCCSc2ccccc2)C1. The fourth-order valence-corrected chi connectivity index (χ4v) is 4.86. The minimum absolute atomic E-state index is 0.940. The summed E-state index contributed by atoms with van der Waals surface area (Å²) < 4.78 is 0. The first-order chi connectivity index (χ1) is 8.34. The van der Waals surface area contributed by atoms with Gasteiger partial charge in [0, 0.05) is 21.7 Å². The van der Waals surface area contributed by atoms with Crippen molar-refractivity contribution in [3.05, 3.63) is 30.3 Å². The number of hydrogen-bond donors (Lipinski definition) is 0. The molecule has 1 aliphatic rings. The van der Waals surface area contributed by atoms with Crippen molar-refractivity contribution in [3.8, 4) is 0 Å². The van der Waals surface area contributed by atoms with Gasteiger partial charge in [-0.1, -0.05) is 38.0 Å². The topological polar surface area (TPSA) is 0 Å². The molecular weight excluding hydrogens is 244 g/mol. The molecule has 1 saturated carbocycles. The highest BCUT2D eigenvalue weighted by molar-refractivity contribution is 8.03. The first kappa shape index (κ1) is 13.4. The first-order valence-corrected chi connectivity index (χ1v) is 8.67. The third kappa shape index (κ3) is 4.97. The van der Waals surface area contributed by atoms with Crippen molar-refractivity contribution < 1.29 is 0 Å². The van der Waals surface area contributed by atoms with Crippen molar-refractivity contribution in [3.63, 3.8) is 0 Å². The van der Waals surface area contributed by atoms with Gasteiger partial charge in [0.2, 0.25) is 0 Å². The second-order valence-corrected chi connectivity index (χ2v) is 7.50. The van der Waals surface area contributed by atoms with Gasteiger partial charge < -0.3 is 0 Å². The molecule has 0 radical (unpaired) electrons. The van der Waals surface area contributed by atoms with Crippen molar-refractivity contribution in [1.29, 1.82) is 0 Å². The van der Waals surface area contributed by atoms with Crippen molar-refractivity contribution in [1.82, 2.24) is 0 Å². The molecule has 1 fully saturated rings. The van der Waals surface area contributed by atoms with Crippen LogP contribution in [0.1, 0.15) is 32.6 Å². The highest BCUT2D eigenvalue weighted by Crippen LogP contribution is 2.32. The molecule has 94 valence electrons. The van der Waals surface area contributed by atoms with Crippen LogP contribution in [0.4, 0.5) is 0 Å². The van der Waals surface area contributed by atoms with Gasteiger partial charge in [-0.05, 0) is 30.9 Å². The Balaban J connectivity index is 1.60. The zero-order chi connectivity index (χ0) is 11.9. The summed E-state index contributed by atoms with van der Waals surface area (Å²) in [4.78, 5) is 1.41. The summed E-state index contributed by atoms with van der Waals surface area (Å²) in [5.41, 5.74) is 0. The molecule has 2 atom stereocenters. The molecule has 2 heteroatoms. The second kappa shape index (κ2) is 7.38. The predicted octanol–water partition coefficient (Wildman–Crippen LogP) is 5.09. The van der Waals surface area contributed by atoms with E-state index in [2.05, 4.69) is 49.0 Å². The summed E-state index contributed by atoms with van der Waals surface area (Å²) >= 11 is 4.19. The van der Waals surface area contributed by atoms with Crippen LogP contribution in [0.3, 0.4) is 0 Å². The van der Waals surface area contributed by atoms with Gasteiger partial charge in [0.05, 0.1) is 0 Å². The van der Waals surface area contributed by atoms with Crippen LogP contribution in [0.25, 0.3) is 0 Å². The van der Waals surface area contributed by atoms with Crippen molar-refractivity contribution in [2.45, 2.75) is 42.8 Å². The third-order valence-corrected chi connectivity index (χ3v) is 5.95. The van der Waals surface area contributed by atoms with Gasteiger partial charge in [0.15, 0.2) is 0 Å². The molecular formula is C15H22S2. The van der Waals surface area contributed by atoms with Crippen LogP contribution in [0.15, 0.2) is 35.2 Å². The van der Waals surface area contributed by atoms with E-state index in [9.17, 15) is 0 Å². The zero-order valence-electron chi connectivity index (χ0n) is 10.6. The molecule has 0 aliphatic heterocycles.